The minimum Gasteiger partial charge on any atom is -0.399 e. The molecule has 0 radical (unpaired) electrons. The minimum absolute atomic E-state index is 0.0537. The molecule has 0 aliphatic heterocycles. The standard InChI is InChI=1S/C16H25N3O2/c1-19(2)15(21)13-6-5-12(17)9-14(13)18-10-16(11-20)7-3-4-8-16/h5-6,9,18,20H,3-4,7-8,10-11,17H2,1-2H3. The van der Waals surface area contributed by atoms with Gasteiger partial charge in [-0.25, -0.2) is 0 Å². The van der Waals surface area contributed by atoms with E-state index in [0.717, 1.165) is 31.4 Å². The third-order valence-electron chi connectivity index (χ3n) is 4.33. The van der Waals surface area contributed by atoms with E-state index in [1.165, 1.54) is 0 Å². The van der Waals surface area contributed by atoms with E-state index < -0.39 is 0 Å². The molecule has 1 aromatic carbocycles. The van der Waals surface area contributed by atoms with Crippen molar-refractivity contribution in [2.45, 2.75) is 25.7 Å². The van der Waals surface area contributed by atoms with E-state index in [1.54, 1.807) is 37.2 Å². The van der Waals surface area contributed by atoms with Crippen molar-refractivity contribution in [3.05, 3.63) is 23.8 Å². The molecule has 0 unspecified atom stereocenters. The average Bonchev–Trinajstić information content (AvgIpc) is 2.94. The van der Waals surface area contributed by atoms with Crippen LogP contribution in [0.2, 0.25) is 0 Å². The van der Waals surface area contributed by atoms with Gasteiger partial charge in [0.15, 0.2) is 0 Å². The van der Waals surface area contributed by atoms with Crippen molar-refractivity contribution in [1.29, 1.82) is 0 Å². The Morgan fingerprint density at radius 1 is 1.38 bits per heavy atom. The number of amides is 1. The van der Waals surface area contributed by atoms with Crippen LogP contribution in [0.15, 0.2) is 18.2 Å². The van der Waals surface area contributed by atoms with E-state index in [2.05, 4.69) is 5.32 Å². The van der Waals surface area contributed by atoms with Crippen molar-refractivity contribution in [1.82, 2.24) is 4.90 Å². The summed E-state index contributed by atoms with van der Waals surface area (Å²) >= 11 is 0. The molecule has 4 N–H and O–H groups in total. The number of nitrogens with zero attached hydrogens (tertiary/aromatic N) is 1. The fourth-order valence-electron chi connectivity index (χ4n) is 2.93. The van der Waals surface area contributed by atoms with Crippen molar-refractivity contribution in [3.63, 3.8) is 0 Å². The summed E-state index contributed by atoms with van der Waals surface area (Å²) in [5.74, 6) is -0.0537. The van der Waals surface area contributed by atoms with Crippen LogP contribution in [0.3, 0.4) is 0 Å². The highest BCUT2D eigenvalue weighted by atomic mass is 16.3. The van der Waals surface area contributed by atoms with Gasteiger partial charge in [-0.15, -0.1) is 0 Å². The molecule has 1 aliphatic rings. The van der Waals surface area contributed by atoms with Crippen LogP contribution in [0.4, 0.5) is 11.4 Å². The first-order chi connectivity index (χ1) is 9.97. The van der Waals surface area contributed by atoms with Gasteiger partial charge in [-0.3, -0.25) is 4.79 Å². The predicted molar refractivity (Wildman–Crippen MR) is 85.3 cm³/mol. The van der Waals surface area contributed by atoms with E-state index in [0.29, 0.717) is 17.8 Å². The molecule has 21 heavy (non-hydrogen) atoms. The molecule has 0 heterocycles. The Bertz CT molecular complexity index is 508. The second-order valence-electron chi connectivity index (χ2n) is 6.22. The van der Waals surface area contributed by atoms with E-state index in [9.17, 15) is 9.90 Å². The first-order valence-corrected chi connectivity index (χ1v) is 7.43. The number of benzene rings is 1. The zero-order valence-electron chi connectivity index (χ0n) is 12.9. The van der Waals surface area contributed by atoms with Crippen molar-refractivity contribution in [2.24, 2.45) is 5.41 Å². The summed E-state index contributed by atoms with van der Waals surface area (Å²) in [6.07, 6.45) is 4.36. The van der Waals surface area contributed by atoms with Crippen molar-refractivity contribution >= 4 is 17.3 Å². The number of nitrogens with two attached hydrogens (primary N) is 1. The molecule has 1 saturated carbocycles. The molecule has 1 aromatic rings. The van der Waals surface area contributed by atoms with Crippen LogP contribution in [-0.4, -0.2) is 43.2 Å². The predicted octanol–water partition coefficient (Wildman–Crippen LogP) is 1.94. The summed E-state index contributed by atoms with van der Waals surface area (Å²) in [4.78, 5) is 13.8. The van der Waals surface area contributed by atoms with Crippen molar-refractivity contribution in [3.8, 4) is 0 Å². The summed E-state index contributed by atoms with van der Waals surface area (Å²) in [5.41, 5.74) is 7.75. The van der Waals surface area contributed by atoms with Crippen LogP contribution in [0, 0.1) is 5.41 Å². The van der Waals surface area contributed by atoms with E-state index >= 15 is 0 Å². The highest BCUT2D eigenvalue weighted by molar-refractivity contribution is 6.00. The minimum atomic E-state index is -0.0664. The van der Waals surface area contributed by atoms with E-state index in [4.69, 9.17) is 5.73 Å². The lowest BCUT2D eigenvalue weighted by molar-refractivity contribution is 0.0828. The fraction of sp³-hybridized carbons (Fsp3) is 0.562. The lowest BCUT2D eigenvalue weighted by atomic mass is 9.87. The Kier molecular flexibility index (Phi) is 4.73. The molecule has 0 saturated heterocycles. The lowest BCUT2D eigenvalue weighted by Gasteiger charge is -2.28. The normalized spacial score (nSPS) is 16.7. The van der Waals surface area contributed by atoms with E-state index in [1.807, 2.05) is 0 Å². The number of hydrogen-bond donors (Lipinski definition) is 3. The quantitative estimate of drug-likeness (QED) is 0.724. The smallest absolute Gasteiger partial charge is 0.255 e. The summed E-state index contributed by atoms with van der Waals surface area (Å²) in [7, 11) is 3.46. The van der Waals surface area contributed by atoms with Gasteiger partial charge in [-0.2, -0.15) is 0 Å². The van der Waals surface area contributed by atoms with Gasteiger partial charge in [0.25, 0.3) is 5.91 Å². The summed E-state index contributed by atoms with van der Waals surface area (Å²) in [6.45, 7) is 0.847. The number of aliphatic hydroxyl groups is 1. The van der Waals surface area contributed by atoms with Crippen LogP contribution in [0.25, 0.3) is 0 Å². The molecule has 5 nitrogen and oxygen atoms in total. The van der Waals surface area contributed by atoms with Gasteiger partial charge in [0.1, 0.15) is 0 Å². The topological polar surface area (TPSA) is 78.6 Å². The van der Waals surface area contributed by atoms with Gasteiger partial charge in [0, 0.05) is 37.4 Å². The Labute approximate surface area is 126 Å². The maximum Gasteiger partial charge on any atom is 0.255 e. The largest absolute Gasteiger partial charge is 0.399 e. The molecule has 5 heteroatoms. The van der Waals surface area contributed by atoms with Gasteiger partial charge < -0.3 is 21.1 Å². The summed E-state index contributed by atoms with van der Waals surface area (Å²) in [6, 6.07) is 5.27. The van der Waals surface area contributed by atoms with Crippen molar-refractivity contribution in [2.75, 3.05) is 38.3 Å². The lowest BCUT2D eigenvalue weighted by Crippen LogP contribution is -2.31. The van der Waals surface area contributed by atoms with Gasteiger partial charge in [-0.1, -0.05) is 12.8 Å². The second kappa shape index (κ2) is 6.35. The number of aliphatic hydroxyl groups excluding tert-OH is 1. The molecule has 0 atom stereocenters. The molecule has 1 amide bonds. The molecule has 0 bridgehead atoms. The SMILES string of the molecule is CN(C)C(=O)c1ccc(N)cc1NCC1(CO)CCCC1. The maximum atomic E-state index is 12.2. The van der Waals surface area contributed by atoms with Crippen LogP contribution in [-0.2, 0) is 0 Å². The fourth-order valence-corrected chi connectivity index (χ4v) is 2.93. The Morgan fingerprint density at radius 3 is 2.62 bits per heavy atom. The number of carbonyl (C=O) groups excluding carboxylic acids is 1. The average molecular weight is 291 g/mol. The highest BCUT2D eigenvalue weighted by Crippen LogP contribution is 2.38. The number of nitrogen functional groups attached to an aromatic ring is 1. The van der Waals surface area contributed by atoms with Gasteiger partial charge in [0.2, 0.25) is 0 Å². The zero-order valence-corrected chi connectivity index (χ0v) is 12.9. The molecule has 0 spiro atoms. The number of nitrogens with one attached hydrogen (secondary N) is 1. The van der Waals surface area contributed by atoms with Crippen LogP contribution < -0.4 is 11.1 Å². The highest BCUT2D eigenvalue weighted by Gasteiger charge is 2.33. The molecule has 1 fully saturated rings. The Hall–Kier alpha value is -1.75. The van der Waals surface area contributed by atoms with Gasteiger partial charge in [-0.05, 0) is 31.0 Å². The number of rotatable bonds is 5. The summed E-state index contributed by atoms with van der Waals surface area (Å²) in [5, 5.41) is 13.0. The summed E-state index contributed by atoms with van der Waals surface area (Å²) < 4.78 is 0. The number of anilines is 2. The van der Waals surface area contributed by atoms with Crippen molar-refractivity contribution < 1.29 is 9.90 Å². The third kappa shape index (κ3) is 3.47. The molecular formula is C16H25N3O2. The zero-order chi connectivity index (χ0) is 15.5. The molecule has 2 rings (SSSR count). The molecular weight excluding hydrogens is 266 g/mol. The molecule has 116 valence electrons. The van der Waals surface area contributed by atoms with Gasteiger partial charge >= 0.3 is 0 Å². The first kappa shape index (κ1) is 15.6. The first-order valence-electron chi connectivity index (χ1n) is 7.43. The van der Waals surface area contributed by atoms with E-state index in [-0.39, 0.29) is 17.9 Å². The van der Waals surface area contributed by atoms with Crippen LogP contribution in [0.5, 0.6) is 0 Å². The second-order valence-corrected chi connectivity index (χ2v) is 6.22. The number of hydrogen-bond acceptors (Lipinski definition) is 4. The van der Waals surface area contributed by atoms with Crippen LogP contribution >= 0.6 is 0 Å². The molecule has 1 aliphatic carbocycles. The third-order valence-corrected chi connectivity index (χ3v) is 4.33. The number of carbonyl (C=O) groups is 1. The van der Waals surface area contributed by atoms with Crippen LogP contribution in [0.1, 0.15) is 36.0 Å². The van der Waals surface area contributed by atoms with Gasteiger partial charge in [0.05, 0.1) is 12.2 Å². The Morgan fingerprint density at radius 2 is 2.05 bits per heavy atom. The Balaban J connectivity index is 2.18. The maximum absolute atomic E-state index is 12.2. The molecule has 0 aromatic heterocycles. The monoisotopic (exact) mass is 291 g/mol.